The first-order chi connectivity index (χ1) is 15.3. The molecule has 8 N–H and O–H groups in total. The van der Waals surface area contributed by atoms with Crippen molar-refractivity contribution in [3.63, 3.8) is 0 Å². The van der Waals surface area contributed by atoms with E-state index in [-0.39, 0.29) is 24.5 Å². The fourth-order valence-corrected chi connectivity index (χ4v) is 2.98. The number of amides is 3. The van der Waals surface area contributed by atoms with E-state index in [1.807, 2.05) is 13.8 Å². The van der Waals surface area contributed by atoms with Crippen LogP contribution in [0.5, 0.6) is 5.75 Å². The van der Waals surface area contributed by atoms with Crippen LogP contribution in [0.25, 0.3) is 0 Å². The fraction of sp³-hybridized carbons (Fsp3) is 0.545. The molecule has 0 aliphatic heterocycles. The number of nitrogens with one attached hydrogen (secondary N) is 3. The number of phenolic OH excluding ortho intramolecular Hbond substituents is 1. The standard InChI is InChI=1S/C22H34N4O7/c1-11(2)9-17(25-19(29)16(23)10-14-5-7-15(28)8-6-14)20(30)26-18(13(4)27)21(31)24-12(3)22(32)33/h5-8,11-13,16-18,27-28H,9-10,23H2,1-4H3,(H,24,31)(H,25,29)(H,26,30)(H,32,33). The third-order valence-electron chi connectivity index (χ3n) is 4.86. The number of hydrogen-bond donors (Lipinski definition) is 7. The predicted octanol–water partition coefficient (Wildman–Crippen LogP) is -0.752. The number of nitrogens with two attached hydrogens (primary N) is 1. The third-order valence-corrected chi connectivity index (χ3v) is 4.86. The summed E-state index contributed by atoms with van der Waals surface area (Å²) in [6, 6.07) is 1.56. The van der Waals surface area contributed by atoms with Crippen LogP contribution >= 0.6 is 0 Å². The van der Waals surface area contributed by atoms with Gasteiger partial charge in [-0.05, 0) is 50.3 Å². The largest absolute Gasteiger partial charge is 0.508 e. The molecule has 33 heavy (non-hydrogen) atoms. The Morgan fingerprint density at radius 2 is 1.48 bits per heavy atom. The lowest BCUT2D eigenvalue weighted by Crippen LogP contribution is -2.59. The first kappa shape index (κ1) is 27.9. The van der Waals surface area contributed by atoms with Crippen LogP contribution in [0.15, 0.2) is 24.3 Å². The molecule has 0 spiro atoms. The summed E-state index contributed by atoms with van der Waals surface area (Å²) < 4.78 is 0. The number of carbonyl (C=O) groups excluding carboxylic acids is 3. The van der Waals surface area contributed by atoms with Crippen molar-refractivity contribution in [3.8, 4) is 5.75 Å². The van der Waals surface area contributed by atoms with E-state index in [0.29, 0.717) is 0 Å². The van der Waals surface area contributed by atoms with Crippen molar-refractivity contribution < 1.29 is 34.5 Å². The number of aromatic hydroxyl groups is 1. The van der Waals surface area contributed by atoms with Gasteiger partial charge in [0, 0.05) is 0 Å². The van der Waals surface area contributed by atoms with Gasteiger partial charge in [0.05, 0.1) is 12.1 Å². The summed E-state index contributed by atoms with van der Waals surface area (Å²) in [7, 11) is 0. The van der Waals surface area contributed by atoms with Gasteiger partial charge in [0.25, 0.3) is 0 Å². The Bertz CT molecular complexity index is 827. The van der Waals surface area contributed by atoms with Crippen molar-refractivity contribution in [1.29, 1.82) is 0 Å². The number of phenols is 1. The normalized spacial score (nSPS) is 15.6. The molecule has 1 aromatic rings. The molecular formula is C22H34N4O7. The van der Waals surface area contributed by atoms with Gasteiger partial charge in [0.15, 0.2) is 0 Å². The van der Waals surface area contributed by atoms with Crippen molar-refractivity contribution in [2.45, 2.75) is 70.8 Å². The average Bonchev–Trinajstić information content (AvgIpc) is 2.71. The highest BCUT2D eigenvalue weighted by Crippen LogP contribution is 2.12. The van der Waals surface area contributed by atoms with E-state index in [0.717, 1.165) is 5.56 Å². The Morgan fingerprint density at radius 3 is 1.97 bits per heavy atom. The van der Waals surface area contributed by atoms with Gasteiger partial charge < -0.3 is 37.0 Å². The summed E-state index contributed by atoms with van der Waals surface area (Å²) in [5, 5.41) is 35.4. The second kappa shape index (κ2) is 12.8. The number of carboxylic acid groups (broad SMARTS) is 1. The number of benzene rings is 1. The molecule has 5 unspecified atom stereocenters. The zero-order chi connectivity index (χ0) is 25.3. The van der Waals surface area contributed by atoms with E-state index in [4.69, 9.17) is 10.8 Å². The van der Waals surface area contributed by atoms with Gasteiger partial charge in [-0.1, -0.05) is 26.0 Å². The Morgan fingerprint density at radius 1 is 0.909 bits per heavy atom. The van der Waals surface area contributed by atoms with Gasteiger partial charge in [-0.25, -0.2) is 0 Å². The maximum atomic E-state index is 12.9. The lowest BCUT2D eigenvalue weighted by molar-refractivity contribution is -0.142. The number of rotatable bonds is 12. The number of aliphatic hydroxyl groups excluding tert-OH is 1. The number of aliphatic hydroxyl groups is 1. The van der Waals surface area contributed by atoms with Crippen LogP contribution in [0.4, 0.5) is 0 Å². The number of carboxylic acids is 1. The highest BCUT2D eigenvalue weighted by molar-refractivity contribution is 5.94. The minimum absolute atomic E-state index is 0.000215. The fourth-order valence-electron chi connectivity index (χ4n) is 2.98. The maximum Gasteiger partial charge on any atom is 0.325 e. The molecule has 184 valence electrons. The minimum Gasteiger partial charge on any atom is -0.508 e. The molecule has 1 aromatic carbocycles. The molecule has 1 rings (SSSR count). The van der Waals surface area contributed by atoms with Gasteiger partial charge in [-0.3, -0.25) is 19.2 Å². The van der Waals surface area contributed by atoms with Gasteiger partial charge in [0.2, 0.25) is 17.7 Å². The Labute approximate surface area is 192 Å². The van der Waals surface area contributed by atoms with Crippen LogP contribution in [0, 0.1) is 5.92 Å². The molecule has 0 saturated heterocycles. The summed E-state index contributed by atoms with van der Waals surface area (Å²) in [6.45, 7) is 6.21. The van der Waals surface area contributed by atoms with Gasteiger partial charge in [0.1, 0.15) is 23.9 Å². The quantitative estimate of drug-likeness (QED) is 0.209. The first-order valence-electron chi connectivity index (χ1n) is 10.7. The Balaban J connectivity index is 2.88. The zero-order valence-electron chi connectivity index (χ0n) is 19.2. The van der Waals surface area contributed by atoms with Crippen molar-refractivity contribution >= 4 is 23.7 Å². The molecule has 3 amide bonds. The van der Waals surface area contributed by atoms with Crippen LogP contribution in [0.2, 0.25) is 0 Å². The molecule has 11 nitrogen and oxygen atoms in total. The molecule has 0 saturated carbocycles. The van der Waals surface area contributed by atoms with Crippen LogP contribution in [0.1, 0.15) is 39.7 Å². The second-order valence-corrected chi connectivity index (χ2v) is 8.46. The van der Waals surface area contributed by atoms with Crippen LogP contribution in [0.3, 0.4) is 0 Å². The summed E-state index contributed by atoms with van der Waals surface area (Å²) in [4.78, 5) is 48.8. The number of carbonyl (C=O) groups is 4. The summed E-state index contributed by atoms with van der Waals surface area (Å²) in [5.41, 5.74) is 6.70. The van der Waals surface area contributed by atoms with E-state index in [9.17, 15) is 29.4 Å². The molecule has 0 fully saturated rings. The number of aliphatic carboxylic acids is 1. The summed E-state index contributed by atoms with van der Waals surface area (Å²) in [5.74, 6) is -3.35. The molecule has 0 aliphatic carbocycles. The maximum absolute atomic E-state index is 12.9. The number of hydrogen-bond acceptors (Lipinski definition) is 7. The zero-order valence-corrected chi connectivity index (χ0v) is 19.2. The van der Waals surface area contributed by atoms with E-state index in [2.05, 4.69) is 16.0 Å². The smallest absolute Gasteiger partial charge is 0.325 e. The predicted molar refractivity (Wildman–Crippen MR) is 120 cm³/mol. The molecule has 0 aliphatic rings. The molecule has 11 heteroatoms. The van der Waals surface area contributed by atoms with Crippen molar-refractivity contribution in [2.24, 2.45) is 11.7 Å². The highest BCUT2D eigenvalue weighted by atomic mass is 16.4. The van der Waals surface area contributed by atoms with Crippen molar-refractivity contribution in [2.75, 3.05) is 0 Å². The Kier molecular flexibility index (Phi) is 10.8. The van der Waals surface area contributed by atoms with Crippen molar-refractivity contribution in [1.82, 2.24) is 16.0 Å². The first-order valence-corrected chi connectivity index (χ1v) is 10.7. The second-order valence-electron chi connectivity index (χ2n) is 8.46. The van der Waals surface area contributed by atoms with Gasteiger partial charge in [-0.15, -0.1) is 0 Å². The summed E-state index contributed by atoms with van der Waals surface area (Å²) >= 11 is 0. The van der Waals surface area contributed by atoms with Crippen LogP contribution in [-0.2, 0) is 25.6 Å². The van der Waals surface area contributed by atoms with E-state index in [1.165, 1.54) is 26.0 Å². The monoisotopic (exact) mass is 466 g/mol. The van der Waals surface area contributed by atoms with Crippen LogP contribution in [-0.4, -0.2) is 69.3 Å². The molecule has 0 radical (unpaired) electrons. The minimum atomic E-state index is -1.42. The topological polar surface area (TPSA) is 191 Å². The lowest BCUT2D eigenvalue weighted by Gasteiger charge is -2.26. The van der Waals surface area contributed by atoms with Gasteiger partial charge >= 0.3 is 5.97 Å². The average molecular weight is 467 g/mol. The molecule has 0 heterocycles. The SMILES string of the molecule is CC(C)CC(NC(=O)C(N)Cc1ccc(O)cc1)C(=O)NC(C(=O)NC(C)C(=O)O)C(C)O. The molecule has 0 aromatic heterocycles. The Hall–Kier alpha value is -3.18. The third kappa shape index (κ3) is 9.46. The van der Waals surface area contributed by atoms with Gasteiger partial charge in [-0.2, -0.15) is 0 Å². The van der Waals surface area contributed by atoms with Crippen LogP contribution < -0.4 is 21.7 Å². The molecule has 0 bridgehead atoms. The lowest BCUT2D eigenvalue weighted by atomic mass is 10.0. The van der Waals surface area contributed by atoms with Crippen molar-refractivity contribution in [3.05, 3.63) is 29.8 Å². The molecular weight excluding hydrogens is 432 g/mol. The van der Waals surface area contributed by atoms with E-state index >= 15 is 0 Å². The summed E-state index contributed by atoms with van der Waals surface area (Å²) in [6.07, 6.45) is -0.904. The molecule has 5 atom stereocenters. The van der Waals surface area contributed by atoms with E-state index < -0.39 is 54.0 Å². The van der Waals surface area contributed by atoms with E-state index in [1.54, 1.807) is 12.1 Å². The highest BCUT2D eigenvalue weighted by Gasteiger charge is 2.32.